The third-order valence-electron chi connectivity index (χ3n) is 6.62. The second-order valence-electron chi connectivity index (χ2n) is 9.93. The number of amides is 2. The molecule has 0 saturated carbocycles. The third kappa shape index (κ3) is 9.81. The highest BCUT2D eigenvalue weighted by atomic mass is 35.5. The minimum absolute atomic E-state index is 0.225. The molecular weight excluding hydrogens is 613 g/mol. The first-order chi connectivity index (χ1) is 21.5. The van der Waals surface area contributed by atoms with Crippen LogP contribution in [0.25, 0.3) is 11.1 Å². The van der Waals surface area contributed by atoms with Gasteiger partial charge in [-0.25, -0.2) is 14.3 Å². The van der Waals surface area contributed by atoms with Crippen molar-refractivity contribution in [1.29, 1.82) is 0 Å². The lowest BCUT2D eigenvalue weighted by Crippen LogP contribution is -2.31. The van der Waals surface area contributed by atoms with Crippen LogP contribution >= 0.6 is 11.6 Å². The molecule has 4 aromatic rings. The molecule has 0 radical (unpaired) electrons. The molecule has 45 heavy (non-hydrogen) atoms. The maximum absolute atomic E-state index is 12.8. The Morgan fingerprint density at radius 1 is 0.889 bits per heavy atom. The number of nitrogens with zero attached hydrogens (tertiary/aromatic N) is 3. The van der Waals surface area contributed by atoms with Gasteiger partial charge in [-0.05, 0) is 53.9 Å². The number of rotatable bonds is 6. The molecule has 5 rings (SSSR count). The summed E-state index contributed by atoms with van der Waals surface area (Å²) in [6, 6.07) is 26.2. The highest BCUT2D eigenvalue weighted by Crippen LogP contribution is 2.23. The van der Waals surface area contributed by atoms with Crippen LogP contribution in [0, 0.1) is 0 Å². The van der Waals surface area contributed by atoms with Crippen LogP contribution in [-0.4, -0.2) is 59.2 Å². The third-order valence-corrected chi connectivity index (χ3v) is 6.89. The molecule has 0 atom stereocenters. The van der Waals surface area contributed by atoms with Gasteiger partial charge in [0.05, 0.1) is 12.2 Å². The van der Waals surface area contributed by atoms with E-state index in [0.29, 0.717) is 22.2 Å². The van der Waals surface area contributed by atoms with Crippen LogP contribution in [0.2, 0.25) is 5.15 Å². The van der Waals surface area contributed by atoms with Gasteiger partial charge < -0.3 is 26.0 Å². The lowest BCUT2D eigenvalue weighted by molar-refractivity contribution is -0.192. The number of halogens is 4. The fraction of sp³-hybridized carbons (Fsp3) is 0.226. The number of nitrogens with one attached hydrogen (secondary N) is 3. The van der Waals surface area contributed by atoms with E-state index in [2.05, 4.69) is 25.9 Å². The van der Waals surface area contributed by atoms with Crippen molar-refractivity contribution in [3.05, 3.63) is 106 Å². The number of aliphatic carboxylic acids is 1. The first-order valence-electron chi connectivity index (χ1n) is 13.9. The summed E-state index contributed by atoms with van der Waals surface area (Å²) in [5.41, 5.74) is 4.73. The molecule has 1 fully saturated rings. The lowest BCUT2D eigenvalue weighted by Gasteiger charge is -2.23. The average molecular weight is 643 g/mol. The van der Waals surface area contributed by atoms with Gasteiger partial charge in [-0.1, -0.05) is 66.2 Å². The average Bonchev–Trinajstić information content (AvgIpc) is 3.29. The fourth-order valence-electron chi connectivity index (χ4n) is 4.47. The van der Waals surface area contributed by atoms with Crippen molar-refractivity contribution >= 4 is 40.7 Å². The number of carboxylic acids is 1. The minimum Gasteiger partial charge on any atom is -0.475 e. The number of aromatic nitrogens is 2. The Labute approximate surface area is 261 Å². The number of carboxylic acid groups (broad SMARTS) is 1. The zero-order valence-corrected chi connectivity index (χ0v) is 24.6. The molecular formula is C31H30ClF3N6O4. The first-order valence-corrected chi connectivity index (χ1v) is 14.2. The number of carbonyl (C=O) groups is 2. The molecule has 1 aliphatic heterocycles. The van der Waals surface area contributed by atoms with Crippen LogP contribution in [-0.2, 0) is 11.3 Å². The molecule has 0 spiro atoms. The van der Waals surface area contributed by atoms with Crippen LogP contribution in [0.15, 0.2) is 89.7 Å². The van der Waals surface area contributed by atoms with Gasteiger partial charge in [0.15, 0.2) is 5.15 Å². The van der Waals surface area contributed by atoms with Gasteiger partial charge in [0.2, 0.25) is 0 Å². The van der Waals surface area contributed by atoms with E-state index in [0.717, 1.165) is 49.3 Å². The van der Waals surface area contributed by atoms with Crippen LogP contribution in [0.5, 0.6) is 0 Å². The standard InChI is InChI=1S/C29H29ClN6O2.C2HF3O2/c30-28-26(35-16-5-14-31-15-17-35)19-27(37)36(34-28)20-21-6-4-9-25(18-21)33-29(38)32-24-12-10-23(11-13-24)22-7-2-1-3-8-22;3-2(4,5)1(6)7/h1-4,6-13,18-19,31H,5,14-17,20H2,(H2,32,33,38);(H,6,7). The van der Waals surface area contributed by atoms with E-state index in [1.165, 1.54) is 4.68 Å². The summed E-state index contributed by atoms with van der Waals surface area (Å²) in [4.78, 5) is 36.4. The second-order valence-corrected chi connectivity index (χ2v) is 10.3. The largest absolute Gasteiger partial charge is 0.490 e. The molecule has 14 heteroatoms. The van der Waals surface area contributed by atoms with Gasteiger partial charge in [0.1, 0.15) is 0 Å². The Kier molecular flexibility index (Phi) is 11.2. The molecule has 4 N–H and O–H groups in total. The monoisotopic (exact) mass is 642 g/mol. The summed E-state index contributed by atoms with van der Waals surface area (Å²) in [5, 5.41) is 20.8. The van der Waals surface area contributed by atoms with E-state index < -0.39 is 12.1 Å². The van der Waals surface area contributed by atoms with Gasteiger partial charge in [0.25, 0.3) is 5.56 Å². The van der Waals surface area contributed by atoms with Crippen molar-refractivity contribution in [3.63, 3.8) is 0 Å². The molecule has 0 bridgehead atoms. The van der Waals surface area contributed by atoms with Crippen molar-refractivity contribution < 1.29 is 27.9 Å². The molecule has 2 amide bonds. The lowest BCUT2D eigenvalue weighted by atomic mass is 10.1. The Balaban J connectivity index is 0.000000591. The summed E-state index contributed by atoms with van der Waals surface area (Å²) in [6.07, 6.45) is -4.11. The number of hydrogen-bond acceptors (Lipinski definition) is 6. The zero-order chi connectivity index (χ0) is 32.4. The van der Waals surface area contributed by atoms with Crippen molar-refractivity contribution in [3.8, 4) is 11.1 Å². The van der Waals surface area contributed by atoms with E-state index in [-0.39, 0.29) is 18.1 Å². The summed E-state index contributed by atoms with van der Waals surface area (Å²) < 4.78 is 33.1. The predicted molar refractivity (Wildman–Crippen MR) is 167 cm³/mol. The van der Waals surface area contributed by atoms with Crippen LogP contribution in [0.1, 0.15) is 12.0 Å². The Morgan fingerprint density at radius 3 is 2.24 bits per heavy atom. The van der Waals surface area contributed by atoms with E-state index in [4.69, 9.17) is 21.5 Å². The smallest absolute Gasteiger partial charge is 0.475 e. The SMILES string of the molecule is O=C(Nc1ccc(-c2ccccc2)cc1)Nc1cccc(Cn2nc(Cl)c(N3CCCNCC3)cc2=O)c1.O=C(O)C(F)(F)F. The second kappa shape index (κ2) is 15.2. The van der Waals surface area contributed by atoms with Crippen molar-refractivity contribution in [1.82, 2.24) is 15.1 Å². The molecule has 1 saturated heterocycles. The van der Waals surface area contributed by atoms with Gasteiger partial charge in [0, 0.05) is 37.1 Å². The molecule has 0 unspecified atom stereocenters. The van der Waals surface area contributed by atoms with E-state index in [1.807, 2.05) is 72.8 Å². The van der Waals surface area contributed by atoms with E-state index in [9.17, 15) is 22.8 Å². The van der Waals surface area contributed by atoms with Crippen molar-refractivity contribution in [2.75, 3.05) is 41.7 Å². The highest BCUT2D eigenvalue weighted by Gasteiger charge is 2.38. The minimum atomic E-state index is -5.08. The fourth-order valence-corrected chi connectivity index (χ4v) is 4.73. The Bertz CT molecular complexity index is 1660. The van der Waals surface area contributed by atoms with Crippen LogP contribution < -0.4 is 26.4 Å². The summed E-state index contributed by atoms with van der Waals surface area (Å²) in [6.45, 7) is 3.62. The van der Waals surface area contributed by atoms with Gasteiger partial charge in [-0.2, -0.15) is 18.3 Å². The molecule has 10 nitrogen and oxygen atoms in total. The summed E-state index contributed by atoms with van der Waals surface area (Å²) in [7, 11) is 0. The van der Waals surface area contributed by atoms with E-state index >= 15 is 0 Å². The number of benzene rings is 3. The maximum atomic E-state index is 12.8. The topological polar surface area (TPSA) is 129 Å². The van der Waals surface area contributed by atoms with Crippen LogP contribution in [0.3, 0.4) is 0 Å². The number of alkyl halides is 3. The molecule has 2 heterocycles. The number of hydrogen-bond donors (Lipinski definition) is 4. The number of urea groups is 1. The van der Waals surface area contributed by atoms with Crippen molar-refractivity contribution in [2.45, 2.75) is 19.1 Å². The maximum Gasteiger partial charge on any atom is 0.490 e. The molecule has 236 valence electrons. The number of anilines is 3. The van der Waals surface area contributed by atoms with Crippen LogP contribution in [0.4, 0.5) is 35.0 Å². The number of carbonyl (C=O) groups excluding carboxylic acids is 1. The quantitative estimate of drug-likeness (QED) is 0.213. The molecule has 1 aliphatic rings. The van der Waals surface area contributed by atoms with Gasteiger partial charge >= 0.3 is 18.2 Å². The highest BCUT2D eigenvalue weighted by molar-refractivity contribution is 6.31. The Morgan fingerprint density at radius 2 is 1.56 bits per heavy atom. The first kappa shape index (κ1) is 33.0. The zero-order valence-electron chi connectivity index (χ0n) is 23.9. The summed E-state index contributed by atoms with van der Waals surface area (Å²) >= 11 is 6.48. The molecule has 1 aromatic heterocycles. The van der Waals surface area contributed by atoms with E-state index in [1.54, 1.807) is 12.1 Å². The van der Waals surface area contributed by atoms with Gasteiger partial charge in [-0.3, -0.25) is 4.79 Å². The van der Waals surface area contributed by atoms with Crippen molar-refractivity contribution in [2.24, 2.45) is 0 Å². The summed E-state index contributed by atoms with van der Waals surface area (Å²) in [5.74, 6) is -2.76. The van der Waals surface area contributed by atoms with Gasteiger partial charge in [-0.15, -0.1) is 0 Å². The predicted octanol–water partition coefficient (Wildman–Crippen LogP) is 5.69. The Hall–Kier alpha value is -4.88. The molecule has 0 aliphatic carbocycles. The molecule has 3 aromatic carbocycles. The normalized spacial score (nSPS) is 13.2.